The summed E-state index contributed by atoms with van der Waals surface area (Å²) in [4.78, 5) is 17.3. The van der Waals surface area contributed by atoms with Gasteiger partial charge < -0.3 is 4.74 Å². The molecule has 0 aliphatic rings. The molecule has 0 bridgehead atoms. The SMILES string of the molecule is CCc1nc(C)ccc1OCc1ccc(C(=O)NN)s1. The van der Waals surface area contributed by atoms with Gasteiger partial charge in [0, 0.05) is 10.6 Å². The first kappa shape index (κ1) is 14.5. The van der Waals surface area contributed by atoms with Gasteiger partial charge in [-0.05, 0) is 37.6 Å². The van der Waals surface area contributed by atoms with Gasteiger partial charge in [-0.3, -0.25) is 15.2 Å². The number of nitrogens with zero attached hydrogens (tertiary/aromatic N) is 1. The topological polar surface area (TPSA) is 77.2 Å². The summed E-state index contributed by atoms with van der Waals surface area (Å²) >= 11 is 1.36. The van der Waals surface area contributed by atoms with Crippen molar-refractivity contribution in [2.75, 3.05) is 0 Å². The van der Waals surface area contributed by atoms with E-state index in [9.17, 15) is 4.79 Å². The highest BCUT2D eigenvalue weighted by molar-refractivity contribution is 7.14. The number of aryl methyl sites for hydroxylation is 2. The Morgan fingerprint density at radius 3 is 2.90 bits per heavy atom. The van der Waals surface area contributed by atoms with Crippen LogP contribution in [0.1, 0.15) is 32.9 Å². The van der Waals surface area contributed by atoms with E-state index in [0.717, 1.165) is 28.4 Å². The quantitative estimate of drug-likeness (QED) is 0.503. The molecule has 0 fully saturated rings. The predicted molar refractivity (Wildman–Crippen MR) is 78.7 cm³/mol. The lowest BCUT2D eigenvalue weighted by Gasteiger charge is -2.09. The Morgan fingerprint density at radius 2 is 2.20 bits per heavy atom. The lowest BCUT2D eigenvalue weighted by Crippen LogP contribution is -2.29. The maximum atomic E-state index is 11.4. The molecule has 0 radical (unpaired) electrons. The number of aromatic nitrogens is 1. The van der Waals surface area contributed by atoms with Crippen molar-refractivity contribution >= 4 is 17.2 Å². The standard InChI is InChI=1S/C14H17N3O2S/c1-3-11-12(6-4-9(2)16-11)19-8-10-5-7-13(20-10)14(18)17-15/h4-7H,3,8,15H2,1-2H3,(H,17,18). The molecule has 106 valence electrons. The van der Waals surface area contributed by atoms with Crippen molar-refractivity contribution in [2.24, 2.45) is 5.84 Å². The Labute approximate surface area is 121 Å². The number of nitrogens with two attached hydrogens (primary N) is 1. The van der Waals surface area contributed by atoms with Crippen LogP contribution in [0.4, 0.5) is 0 Å². The number of carbonyl (C=O) groups is 1. The molecule has 0 unspecified atom stereocenters. The largest absolute Gasteiger partial charge is 0.486 e. The van der Waals surface area contributed by atoms with Gasteiger partial charge >= 0.3 is 0 Å². The van der Waals surface area contributed by atoms with E-state index in [-0.39, 0.29) is 5.91 Å². The number of carbonyl (C=O) groups excluding carboxylic acids is 1. The lowest BCUT2D eigenvalue weighted by atomic mass is 10.2. The Hall–Kier alpha value is -1.92. The number of hydrazine groups is 1. The summed E-state index contributed by atoms with van der Waals surface area (Å²) < 4.78 is 5.78. The fourth-order valence-corrected chi connectivity index (χ4v) is 2.60. The van der Waals surface area contributed by atoms with Crippen molar-refractivity contribution in [1.29, 1.82) is 0 Å². The van der Waals surface area contributed by atoms with Crippen LogP contribution in [0.2, 0.25) is 0 Å². The summed E-state index contributed by atoms with van der Waals surface area (Å²) in [5.41, 5.74) is 4.04. The van der Waals surface area contributed by atoms with E-state index >= 15 is 0 Å². The minimum Gasteiger partial charge on any atom is -0.486 e. The minimum absolute atomic E-state index is 0.285. The highest BCUT2D eigenvalue weighted by atomic mass is 32.1. The van der Waals surface area contributed by atoms with Crippen LogP contribution in [-0.2, 0) is 13.0 Å². The van der Waals surface area contributed by atoms with Crippen LogP contribution in [0.25, 0.3) is 0 Å². The van der Waals surface area contributed by atoms with Crippen molar-refractivity contribution in [3.63, 3.8) is 0 Å². The number of nitrogens with one attached hydrogen (secondary N) is 1. The average Bonchev–Trinajstić information content (AvgIpc) is 2.93. The van der Waals surface area contributed by atoms with Gasteiger partial charge in [0.05, 0.1) is 10.6 Å². The van der Waals surface area contributed by atoms with Gasteiger partial charge in [-0.15, -0.1) is 11.3 Å². The van der Waals surface area contributed by atoms with Crippen LogP contribution in [0.15, 0.2) is 24.3 Å². The number of amides is 1. The van der Waals surface area contributed by atoms with Crippen molar-refractivity contribution < 1.29 is 9.53 Å². The van der Waals surface area contributed by atoms with Crippen molar-refractivity contribution in [1.82, 2.24) is 10.4 Å². The Balaban J connectivity index is 2.05. The first-order valence-electron chi connectivity index (χ1n) is 6.33. The van der Waals surface area contributed by atoms with E-state index in [1.165, 1.54) is 11.3 Å². The fourth-order valence-electron chi connectivity index (χ4n) is 1.78. The van der Waals surface area contributed by atoms with Gasteiger partial charge in [-0.2, -0.15) is 0 Å². The van der Waals surface area contributed by atoms with Gasteiger partial charge in [-0.1, -0.05) is 6.92 Å². The predicted octanol–water partition coefficient (Wildman–Crippen LogP) is 2.20. The third-order valence-corrected chi connectivity index (χ3v) is 3.85. The zero-order chi connectivity index (χ0) is 14.5. The van der Waals surface area contributed by atoms with E-state index in [4.69, 9.17) is 10.6 Å². The first-order chi connectivity index (χ1) is 9.63. The second-order valence-corrected chi connectivity index (χ2v) is 5.45. The highest BCUT2D eigenvalue weighted by Crippen LogP contribution is 2.22. The summed E-state index contributed by atoms with van der Waals surface area (Å²) in [6.07, 6.45) is 0.822. The molecule has 20 heavy (non-hydrogen) atoms. The number of thiophene rings is 1. The first-order valence-corrected chi connectivity index (χ1v) is 7.14. The summed E-state index contributed by atoms with van der Waals surface area (Å²) in [6, 6.07) is 7.46. The van der Waals surface area contributed by atoms with Crippen LogP contribution >= 0.6 is 11.3 Å². The van der Waals surface area contributed by atoms with E-state index in [0.29, 0.717) is 11.5 Å². The molecular formula is C14H17N3O2S. The highest BCUT2D eigenvalue weighted by Gasteiger charge is 2.09. The molecular weight excluding hydrogens is 274 g/mol. The van der Waals surface area contributed by atoms with Crippen molar-refractivity contribution in [3.8, 4) is 5.75 Å². The van der Waals surface area contributed by atoms with Gasteiger partial charge in [0.1, 0.15) is 12.4 Å². The second-order valence-electron chi connectivity index (χ2n) is 4.28. The molecule has 3 N–H and O–H groups in total. The molecule has 2 heterocycles. The van der Waals surface area contributed by atoms with E-state index in [2.05, 4.69) is 10.4 Å². The Kier molecular flexibility index (Phi) is 4.70. The van der Waals surface area contributed by atoms with E-state index in [1.807, 2.05) is 32.0 Å². The third kappa shape index (κ3) is 3.34. The number of pyridine rings is 1. The molecule has 0 saturated heterocycles. The second kappa shape index (κ2) is 6.49. The number of ether oxygens (including phenoxy) is 1. The molecule has 1 amide bonds. The molecule has 0 aliphatic carbocycles. The number of nitrogen functional groups attached to an aromatic ring is 1. The molecule has 5 nitrogen and oxygen atoms in total. The fraction of sp³-hybridized carbons (Fsp3) is 0.286. The van der Waals surface area contributed by atoms with Crippen molar-refractivity contribution in [2.45, 2.75) is 26.9 Å². The van der Waals surface area contributed by atoms with Gasteiger partial charge in [0.25, 0.3) is 5.91 Å². The smallest absolute Gasteiger partial charge is 0.275 e. The molecule has 2 aromatic heterocycles. The maximum Gasteiger partial charge on any atom is 0.275 e. The molecule has 2 aromatic rings. The maximum absolute atomic E-state index is 11.4. The van der Waals surface area contributed by atoms with Gasteiger partial charge in [0.2, 0.25) is 0 Å². The van der Waals surface area contributed by atoms with Crippen LogP contribution in [0, 0.1) is 6.92 Å². The summed E-state index contributed by atoms with van der Waals surface area (Å²) in [7, 11) is 0. The number of hydrogen-bond donors (Lipinski definition) is 2. The number of hydrogen-bond acceptors (Lipinski definition) is 5. The molecule has 2 rings (SSSR count). The van der Waals surface area contributed by atoms with E-state index in [1.54, 1.807) is 6.07 Å². The van der Waals surface area contributed by atoms with Crippen LogP contribution in [0.3, 0.4) is 0 Å². The Morgan fingerprint density at radius 1 is 1.40 bits per heavy atom. The molecule has 0 aliphatic heterocycles. The molecule has 0 aromatic carbocycles. The average molecular weight is 291 g/mol. The monoisotopic (exact) mass is 291 g/mol. The lowest BCUT2D eigenvalue weighted by molar-refractivity contribution is 0.0957. The minimum atomic E-state index is -0.285. The zero-order valence-corrected chi connectivity index (χ0v) is 12.3. The van der Waals surface area contributed by atoms with Crippen LogP contribution < -0.4 is 16.0 Å². The Bertz CT molecular complexity index is 610. The van der Waals surface area contributed by atoms with Crippen LogP contribution in [0.5, 0.6) is 5.75 Å². The van der Waals surface area contributed by atoms with Crippen molar-refractivity contribution in [3.05, 3.63) is 45.4 Å². The molecule has 0 atom stereocenters. The van der Waals surface area contributed by atoms with Crippen LogP contribution in [-0.4, -0.2) is 10.9 Å². The summed E-state index contributed by atoms with van der Waals surface area (Å²) in [5.74, 6) is 5.60. The number of rotatable bonds is 5. The molecule has 6 heteroatoms. The molecule has 0 saturated carbocycles. The van der Waals surface area contributed by atoms with E-state index < -0.39 is 0 Å². The van der Waals surface area contributed by atoms with Gasteiger partial charge in [-0.25, -0.2) is 5.84 Å². The normalized spacial score (nSPS) is 10.3. The van der Waals surface area contributed by atoms with Gasteiger partial charge in [0.15, 0.2) is 0 Å². The third-order valence-electron chi connectivity index (χ3n) is 2.79. The zero-order valence-electron chi connectivity index (χ0n) is 11.5. The summed E-state index contributed by atoms with van der Waals surface area (Å²) in [6.45, 7) is 4.42. The summed E-state index contributed by atoms with van der Waals surface area (Å²) in [5, 5.41) is 0. The molecule has 0 spiro atoms.